The maximum absolute atomic E-state index is 13.7. The number of hydrogen-bond acceptors (Lipinski definition) is 18. The predicted molar refractivity (Wildman–Crippen MR) is 182 cm³/mol. The van der Waals surface area contributed by atoms with E-state index in [4.69, 9.17) is 34.4 Å². The first-order valence-electron chi connectivity index (χ1n) is 16.2. The Labute approximate surface area is 299 Å². The maximum atomic E-state index is 13.7. The molecular formula is C26H38N12O12P2Si-2. The van der Waals surface area contributed by atoms with Gasteiger partial charge in [-0.3, -0.25) is 37.8 Å². The highest BCUT2D eigenvalue weighted by atomic mass is 31.2. The Kier molecular flexibility index (Phi) is 9.37. The third kappa shape index (κ3) is 7.01. The molecule has 0 aromatic carbocycles. The maximum Gasteiger partial charge on any atom is 0.280 e. The van der Waals surface area contributed by atoms with Crippen molar-refractivity contribution in [2.45, 2.75) is 87.9 Å². The van der Waals surface area contributed by atoms with Gasteiger partial charge in [0.15, 0.2) is 43.1 Å². The molecule has 0 radical (unpaired) electrons. The second-order valence-corrected chi connectivity index (χ2v) is 22.2. The van der Waals surface area contributed by atoms with Crippen LogP contribution < -0.4 is 42.5 Å². The number of fused-ring (bicyclic) bond motifs is 4. The Morgan fingerprint density at radius 2 is 1.32 bits per heavy atom. The molecule has 7 rings (SSSR count). The minimum absolute atomic E-state index is 0.00212. The quantitative estimate of drug-likeness (QED) is 0.0855. The summed E-state index contributed by atoms with van der Waals surface area (Å²) in [6, 6.07) is -2.87. The van der Waals surface area contributed by atoms with E-state index in [9.17, 15) is 33.6 Å². The van der Waals surface area contributed by atoms with Crippen molar-refractivity contribution in [2.24, 2.45) is 0 Å². The Bertz CT molecular complexity index is 2270. The van der Waals surface area contributed by atoms with Gasteiger partial charge in [0.1, 0.15) is 24.4 Å². The Balaban J connectivity index is 1.24. The lowest BCUT2D eigenvalue weighted by Gasteiger charge is -2.42. The molecule has 24 nitrogen and oxygen atoms in total. The van der Waals surface area contributed by atoms with E-state index in [0.29, 0.717) is 0 Å². The van der Waals surface area contributed by atoms with Crippen molar-refractivity contribution in [1.82, 2.24) is 49.2 Å². The molecule has 3 aliphatic rings. The summed E-state index contributed by atoms with van der Waals surface area (Å²) in [4.78, 5) is 73.2. The smallest absolute Gasteiger partial charge is 0.280 e. The number of nitrogens with one attached hydrogen (secondary N) is 4. The minimum atomic E-state index is -5.11. The number of rotatable bonds is 4. The molecule has 4 aromatic rings. The van der Waals surface area contributed by atoms with Crippen LogP contribution in [0.2, 0.25) is 18.1 Å². The van der Waals surface area contributed by atoms with Crippen LogP contribution in [0.25, 0.3) is 22.3 Å². The van der Waals surface area contributed by atoms with Crippen molar-refractivity contribution in [3.05, 3.63) is 33.4 Å². The van der Waals surface area contributed by atoms with Gasteiger partial charge in [-0.1, -0.05) is 20.8 Å². The highest BCUT2D eigenvalue weighted by molar-refractivity contribution is 7.49. The lowest BCUT2D eigenvalue weighted by Crippen LogP contribution is -2.54. The molecule has 0 spiro atoms. The molecule has 3 aliphatic heterocycles. The summed E-state index contributed by atoms with van der Waals surface area (Å²) in [5.74, 6) is -0.484. The first-order valence-corrected chi connectivity index (χ1v) is 22.2. The largest absolute Gasteiger partial charge is 0.766 e. The zero-order chi connectivity index (χ0) is 38.4. The molecule has 0 aliphatic carbocycles. The van der Waals surface area contributed by atoms with Crippen molar-refractivity contribution >= 4 is 58.0 Å². The van der Waals surface area contributed by atoms with Crippen molar-refractivity contribution in [1.29, 1.82) is 0 Å². The van der Waals surface area contributed by atoms with Gasteiger partial charge < -0.3 is 49.3 Å². The molecule has 2 unspecified atom stereocenters. The van der Waals surface area contributed by atoms with Gasteiger partial charge in [-0.25, -0.2) is 20.1 Å². The summed E-state index contributed by atoms with van der Waals surface area (Å²) >= 11 is 0. The standard InChI is InChI=1S/C26H40N12O12P2Si/c1-26(2,3)53(4,5)50-17-13-11(49-23(17)38-9-30-15-19(38)32-25(28)34-21(15)41)7-47-51(42,43)35-12-10(6-46-52(44,45)36-13)48-22(16(12)39)37-8-29-14-18(37)31-24(27)33-20(14)40/h8-13,16-17,22-23,39H,6-7H2,1-5H3,(H2,35,42,43)(H2,36,44,45)(H3,27,31,33,40)(H3,28,32,34,41)/p-2/t10-,11-,12-,13-,16-,17-,22-,23-/m1/s1. The van der Waals surface area contributed by atoms with Crippen LogP contribution in [0.5, 0.6) is 0 Å². The molecular weight excluding hydrogens is 762 g/mol. The number of nitrogen functional groups attached to an aromatic ring is 2. The van der Waals surface area contributed by atoms with E-state index < -0.39 is 102 Å². The second kappa shape index (κ2) is 13.1. The molecule has 9 N–H and O–H groups in total. The fourth-order valence-corrected chi connectivity index (χ4v) is 9.71. The van der Waals surface area contributed by atoms with Crippen LogP contribution in [0.4, 0.5) is 11.9 Å². The number of anilines is 2. The topological polar surface area (TPSA) is 350 Å². The zero-order valence-corrected chi connectivity index (χ0v) is 31.6. The fraction of sp³-hybridized carbons (Fsp3) is 0.615. The summed E-state index contributed by atoms with van der Waals surface area (Å²) in [6.07, 6.45) is -5.97. The van der Waals surface area contributed by atoms with Crippen molar-refractivity contribution < 1.29 is 47.0 Å². The Morgan fingerprint density at radius 1 is 0.868 bits per heavy atom. The average Bonchev–Trinajstić information content (AvgIpc) is 3.79. The monoisotopic (exact) mass is 800 g/mol. The van der Waals surface area contributed by atoms with Crippen LogP contribution >= 0.6 is 15.5 Å². The highest BCUT2D eigenvalue weighted by Crippen LogP contribution is 2.47. The zero-order valence-electron chi connectivity index (χ0n) is 28.9. The third-order valence-corrected chi connectivity index (χ3v) is 16.5. The van der Waals surface area contributed by atoms with Gasteiger partial charge in [0.05, 0.1) is 38.0 Å². The van der Waals surface area contributed by atoms with Crippen molar-refractivity contribution in [2.75, 3.05) is 24.7 Å². The number of aliphatic hydroxyl groups excluding tert-OH is 1. The summed E-state index contributed by atoms with van der Waals surface area (Å²) in [7, 11) is -13.0. The number of imidazole rings is 2. The van der Waals surface area contributed by atoms with Gasteiger partial charge in [0.25, 0.3) is 11.1 Å². The number of ether oxygens (including phenoxy) is 2. The summed E-state index contributed by atoms with van der Waals surface area (Å²) in [5.41, 5.74) is 9.88. The molecule has 10 atom stereocenters. The number of aromatic amines is 2. The number of hydrogen-bond donors (Lipinski definition) is 7. The van der Waals surface area contributed by atoms with E-state index in [1.165, 1.54) is 10.9 Å². The number of aliphatic hydroxyl groups is 1. The Hall–Kier alpha value is -3.42. The summed E-state index contributed by atoms with van der Waals surface area (Å²) in [6.45, 7) is 8.18. The van der Waals surface area contributed by atoms with Crippen LogP contribution in [0, 0.1) is 0 Å². The highest BCUT2D eigenvalue weighted by Gasteiger charge is 2.53. The fourth-order valence-electron chi connectivity index (χ4n) is 6.22. The molecule has 3 fully saturated rings. The molecule has 0 saturated carbocycles. The lowest BCUT2D eigenvalue weighted by atomic mass is 10.1. The van der Waals surface area contributed by atoms with Crippen LogP contribution in [0.3, 0.4) is 0 Å². The van der Waals surface area contributed by atoms with Gasteiger partial charge in [-0.05, 0) is 18.1 Å². The normalized spacial score (nSPS) is 34.5. The lowest BCUT2D eigenvalue weighted by molar-refractivity contribution is -0.209. The van der Waals surface area contributed by atoms with E-state index in [2.05, 4.69) is 40.1 Å². The predicted octanol–water partition coefficient (Wildman–Crippen LogP) is -2.14. The van der Waals surface area contributed by atoms with E-state index >= 15 is 0 Å². The van der Waals surface area contributed by atoms with Crippen molar-refractivity contribution in [3.63, 3.8) is 0 Å². The molecule has 27 heteroatoms. The van der Waals surface area contributed by atoms with Gasteiger partial charge in [0, 0.05) is 0 Å². The third-order valence-electron chi connectivity index (χ3n) is 9.84. The SMILES string of the molecule is CC(C)(C)[Si](C)(C)O[C@@H]1[C@@H]2NP(=O)([O-])OC[C@H]3O[C@@H](n4cnc5c(=O)[nH]c(N)nc54)[C@H](O)[C@@H]3NP(=O)([O-])OC[C@H]2O[C@H]1n1cnc2c(=O)[nH]c(N)nc21. The molecule has 7 heterocycles. The van der Waals surface area contributed by atoms with Crippen LogP contribution in [-0.4, -0.2) is 102 Å². The molecule has 4 aromatic heterocycles. The Morgan fingerprint density at radius 3 is 1.83 bits per heavy atom. The molecule has 3 saturated heterocycles. The molecule has 0 amide bonds. The number of nitrogens with zero attached hydrogens (tertiary/aromatic N) is 6. The van der Waals surface area contributed by atoms with Gasteiger partial charge in [0.2, 0.25) is 27.4 Å². The molecule has 290 valence electrons. The van der Waals surface area contributed by atoms with Crippen LogP contribution in [0.15, 0.2) is 22.2 Å². The number of aromatic nitrogens is 8. The number of nitrogens with two attached hydrogens (primary N) is 2. The number of H-pyrrole nitrogens is 2. The van der Waals surface area contributed by atoms with E-state index in [1.54, 1.807) is 0 Å². The van der Waals surface area contributed by atoms with E-state index in [0.717, 1.165) is 10.9 Å². The van der Waals surface area contributed by atoms with E-state index in [-0.39, 0.29) is 34.2 Å². The minimum Gasteiger partial charge on any atom is -0.766 e. The van der Waals surface area contributed by atoms with E-state index in [1.807, 2.05) is 33.9 Å². The van der Waals surface area contributed by atoms with Crippen LogP contribution in [0.1, 0.15) is 33.2 Å². The van der Waals surface area contributed by atoms with Crippen molar-refractivity contribution in [3.8, 4) is 0 Å². The summed E-state index contributed by atoms with van der Waals surface area (Å²) in [5, 5.41) is 15.7. The van der Waals surface area contributed by atoms with Gasteiger partial charge >= 0.3 is 0 Å². The first kappa shape index (κ1) is 37.9. The van der Waals surface area contributed by atoms with Gasteiger partial charge in [-0.15, -0.1) is 0 Å². The second-order valence-electron chi connectivity index (χ2n) is 14.4. The summed E-state index contributed by atoms with van der Waals surface area (Å²) < 4.78 is 59.4. The molecule has 0 bridgehead atoms. The van der Waals surface area contributed by atoms with Gasteiger partial charge in [-0.2, -0.15) is 9.97 Å². The first-order chi connectivity index (χ1) is 24.6. The average molecular weight is 801 g/mol. The van der Waals surface area contributed by atoms with Crippen LogP contribution in [-0.2, 0) is 32.1 Å². The molecule has 53 heavy (non-hydrogen) atoms.